The van der Waals surface area contributed by atoms with Crippen molar-refractivity contribution in [2.45, 2.75) is 30.4 Å². The molecule has 1 heterocycles. The zero-order valence-corrected chi connectivity index (χ0v) is 17.6. The Kier molecular flexibility index (Phi) is 6.84. The van der Waals surface area contributed by atoms with Crippen LogP contribution in [-0.4, -0.2) is 26.0 Å². The van der Waals surface area contributed by atoms with E-state index < -0.39 is 21.1 Å². The van der Waals surface area contributed by atoms with E-state index >= 15 is 0 Å². The molecule has 0 saturated carbocycles. The number of esters is 1. The Balaban J connectivity index is 2.00. The summed E-state index contributed by atoms with van der Waals surface area (Å²) in [6, 6.07) is 17.8. The van der Waals surface area contributed by atoms with E-state index in [1.807, 2.05) is 30.3 Å². The molecule has 7 heteroatoms. The van der Waals surface area contributed by atoms with Crippen molar-refractivity contribution in [3.05, 3.63) is 95.7 Å². The highest BCUT2D eigenvalue weighted by Crippen LogP contribution is 2.31. The first-order valence-electron chi connectivity index (χ1n) is 9.57. The van der Waals surface area contributed by atoms with Crippen LogP contribution in [0, 0.1) is 6.92 Å². The molecule has 0 spiro atoms. The second kappa shape index (κ2) is 9.54. The number of benzene rings is 2. The summed E-state index contributed by atoms with van der Waals surface area (Å²) in [5, 5.41) is -1.18. The second-order valence-corrected chi connectivity index (χ2v) is 8.64. The third-order valence-corrected chi connectivity index (χ3v) is 6.40. The van der Waals surface area contributed by atoms with Crippen molar-refractivity contribution < 1.29 is 22.4 Å². The van der Waals surface area contributed by atoms with Crippen molar-refractivity contribution in [2.75, 3.05) is 6.61 Å². The van der Waals surface area contributed by atoms with Crippen molar-refractivity contribution in [1.82, 2.24) is 4.98 Å². The van der Waals surface area contributed by atoms with E-state index in [9.17, 15) is 13.2 Å². The minimum absolute atomic E-state index is 0.0171. The Morgan fingerprint density at radius 3 is 2.37 bits per heavy atom. The van der Waals surface area contributed by atoms with E-state index in [0.29, 0.717) is 6.42 Å². The fraction of sp³-hybridized carbons (Fsp3) is 0.217. The normalized spacial score (nSPS) is 12.7. The third kappa shape index (κ3) is 4.86. The number of carbonyl (C=O) groups is 1. The quantitative estimate of drug-likeness (QED) is 0.391. The molecule has 0 aliphatic heterocycles. The van der Waals surface area contributed by atoms with Crippen LogP contribution >= 0.6 is 0 Å². The molecule has 3 rings (SSSR count). The van der Waals surface area contributed by atoms with E-state index in [4.69, 9.17) is 9.15 Å². The molecule has 0 saturated heterocycles. The average molecular weight is 426 g/mol. The van der Waals surface area contributed by atoms with Gasteiger partial charge in [-0.05, 0) is 38.0 Å². The van der Waals surface area contributed by atoms with Crippen molar-refractivity contribution in [3.63, 3.8) is 0 Å². The maximum absolute atomic E-state index is 13.3. The van der Waals surface area contributed by atoms with Gasteiger partial charge in [-0.15, -0.1) is 0 Å². The number of allylic oxidation sites excluding steroid dienone is 1. The lowest BCUT2D eigenvalue weighted by Crippen LogP contribution is -2.13. The summed E-state index contributed by atoms with van der Waals surface area (Å²) in [6.45, 7) is 3.43. The highest BCUT2D eigenvalue weighted by molar-refractivity contribution is 7.91. The molecule has 0 fully saturated rings. The number of hydrogen-bond donors (Lipinski definition) is 0. The van der Waals surface area contributed by atoms with E-state index in [0.717, 1.165) is 5.56 Å². The molecule has 1 unspecified atom stereocenters. The molecule has 3 aromatic rings. The zero-order valence-electron chi connectivity index (χ0n) is 16.8. The van der Waals surface area contributed by atoms with Gasteiger partial charge in [0.15, 0.2) is 20.8 Å². The Hall–Kier alpha value is -3.19. The van der Waals surface area contributed by atoms with E-state index in [1.165, 1.54) is 12.1 Å². The van der Waals surface area contributed by atoms with E-state index in [2.05, 4.69) is 4.98 Å². The fourth-order valence-electron chi connectivity index (χ4n) is 2.94. The molecule has 2 aromatic carbocycles. The van der Waals surface area contributed by atoms with Crippen LogP contribution in [0.1, 0.15) is 39.9 Å². The first kappa shape index (κ1) is 21.5. The molecule has 0 N–H and O–H groups in total. The number of hydrogen-bond acceptors (Lipinski definition) is 6. The van der Waals surface area contributed by atoms with Crippen LogP contribution in [0.3, 0.4) is 0 Å². The van der Waals surface area contributed by atoms with Gasteiger partial charge in [0.25, 0.3) is 0 Å². The number of carbonyl (C=O) groups excluding carboxylic acids is 1. The maximum atomic E-state index is 13.3. The molecule has 0 aliphatic carbocycles. The molecule has 0 bridgehead atoms. The van der Waals surface area contributed by atoms with Crippen LogP contribution in [0.25, 0.3) is 0 Å². The number of ether oxygens (including phenoxy) is 1. The van der Waals surface area contributed by atoms with Gasteiger partial charge in [0.1, 0.15) is 5.76 Å². The molecule has 156 valence electrons. The van der Waals surface area contributed by atoms with Crippen LogP contribution in [0.5, 0.6) is 0 Å². The summed E-state index contributed by atoms with van der Waals surface area (Å²) in [5.74, 6) is -0.494. The third-order valence-electron chi connectivity index (χ3n) is 4.44. The maximum Gasteiger partial charge on any atom is 0.360 e. The van der Waals surface area contributed by atoms with Crippen LogP contribution < -0.4 is 0 Å². The number of nitrogens with zero attached hydrogens (tertiary/aromatic N) is 1. The number of aromatic nitrogens is 1. The van der Waals surface area contributed by atoms with Gasteiger partial charge in [0.2, 0.25) is 5.89 Å². The monoisotopic (exact) mass is 425 g/mol. The van der Waals surface area contributed by atoms with Gasteiger partial charge >= 0.3 is 5.97 Å². The lowest BCUT2D eigenvalue weighted by Gasteiger charge is -2.11. The molecule has 1 atom stereocenters. The Labute approximate surface area is 176 Å². The van der Waals surface area contributed by atoms with Crippen LogP contribution in [0.15, 0.2) is 82.1 Å². The van der Waals surface area contributed by atoms with Gasteiger partial charge < -0.3 is 9.15 Å². The van der Waals surface area contributed by atoms with Crippen LogP contribution in [0.4, 0.5) is 0 Å². The first-order valence-corrected chi connectivity index (χ1v) is 11.1. The molecule has 0 amide bonds. The highest BCUT2D eigenvalue weighted by atomic mass is 32.2. The predicted molar refractivity (Wildman–Crippen MR) is 113 cm³/mol. The van der Waals surface area contributed by atoms with E-state index in [-0.39, 0.29) is 28.8 Å². The number of aryl methyl sites for hydroxylation is 1. The van der Waals surface area contributed by atoms with Crippen LogP contribution in [0.2, 0.25) is 0 Å². The molecule has 0 radical (unpaired) electrons. The van der Waals surface area contributed by atoms with Crippen molar-refractivity contribution >= 4 is 15.8 Å². The highest BCUT2D eigenvalue weighted by Gasteiger charge is 2.33. The molecule has 6 nitrogen and oxygen atoms in total. The van der Waals surface area contributed by atoms with Gasteiger partial charge in [-0.25, -0.2) is 18.2 Å². The summed E-state index contributed by atoms with van der Waals surface area (Å²) in [4.78, 5) is 16.4. The number of oxazole rings is 1. The van der Waals surface area contributed by atoms with Crippen molar-refractivity contribution in [2.24, 2.45) is 0 Å². The summed E-state index contributed by atoms with van der Waals surface area (Å²) in [6.07, 6.45) is 3.87. The first-order chi connectivity index (χ1) is 14.4. The lowest BCUT2D eigenvalue weighted by molar-refractivity contribution is 0.0518. The molecule has 1 aromatic heterocycles. The van der Waals surface area contributed by atoms with Gasteiger partial charge in [0, 0.05) is 0 Å². The topological polar surface area (TPSA) is 86.5 Å². The molecular weight excluding hydrogens is 402 g/mol. The van der Waals surface area contributed by atoms with Gasteiger partial charge in [-0.1, -0.05) is 60.7 Å². The standard InChI is InChI=1S/C23H23NO5S/c1-3-28-23(25)21-17(2)29-22(24-21)20(16-10-13-18-11-6-4-7-12-18)30(26,27)19-14-8-5-9-15-19/h4-12,14-16,20H,3,13H2,1-2H3/b16-10+. The minimum Gasteiger partial charge on any atom is -0.461 e. The fourth-order valence-corrected chi connectivity index (χ4v) is 4.46. The van der Waals surface area contributed by atoms with E-state index in [1.54, 1.807) is 44.2 Å². The van der Waals surface area contributed by atoms with Crippen LogP contribution in [-0.2, 0) is 21.0 Å². The summed E-state index contributed by atoms with van der Waals surface area (Å²) in [5.41, 5.74) is 1.02. The van der Waals surface area contributed by atoms with Crippen molar-refractivity contribution in [3.8, 4) is 0 Å². The largest absolute Gasteiger partial charge is 0.461 e. The number of rotatable bonds is 8. The molecular formula is C23H23NO5S. The van der Waals surface area contributed by atoms with Gasteiger partial charge in [0.05, 0.1) is 11.5 Å². The Bertz CT molecular complexity index is 1120. The van der Waals surface area contributed by atoms with Gasteiger partial charge in [-0.3, -0.25) is 0 Å². The van der Waals surface area contributed by atoms with Gasteiger partial charge in [-0.2, -0.15) is 0 Å². The van der Waals surface area contributed by atoms with Crippen molar-refractivity contribution in [1.29, 1.82) is 0 Å². The smallest absolute Gasteiger partial charge is 0.360 e. The Morgan fingerprint density at radius 2 is 1.73 bits per heavy atom. The molecule has 30 heavy (non-hydrogen) atoms. The molecule has 0 aliphatic rings. The predicted octanol–water partition coefficient (Wildman–Crippen LogP) is 4.47. The summed E-state index contributed by atoms with van der Waals surface area (Å²) < 4.78 is 37.2. The summed E-state index contributed by atoms with van der Waals surface area (Å²) >= 11 is 0. The lowest BCUT2D eigenvalue weighted by atomic mass is 10.1. The second-order valence-electron chi connectivity index (χ2n) is 6.57. The summed E-state index contributed by atoms with van der Waals surface area (Å²) in [7, 11) is -3.85. The Morgan fingerprint density at radius 1 is 1.10 bits per heavy atom. The zero-order chi connectivity index (χ0) is 21.6. The SMILES string of the molecule is CCOC(=O)c1nc(C(/C=C/Cc2ccccc2)S(=O)(=O)c2ccccc2)oc1C. The average Bonchev–Trinajstić information content (AvgIpc) is 3.14. The minimum atomic E-state index is -3.85. The number of sulfone groups is 1.